The van der Waals surface area contributed by atoms with Crippen molar-refractivity contribution >= 4 is 11.8 Å². The number of benzene rings is 1. The molecule has 1 N–H and O–H groups in total. The van der Waals surface area contributed by atoms with Crippen molar-refractivity contribution in [3.8, 4) is 11.8 Å². The van der Waals surface area contributed by atoms with Gasteiger partial charge in [0.15, 0.2) is 0 Å². The number of hydrogen-bond donors (Lipinski definition) is 1. The summed E-state index contributed by atoms with van der Waals surface area (Å²) >= 11 is 1.87. The Labute approximate surface area is 96.7 Å². The molecule has 0 aliphatic rings. The predicted molar refractivity (Wildman–Crippen MR) is 69.2 cm³/mol. The first kappa shape index (κ1) is 12.2. The zero-order chi connectivity index (χ0) is 10.9. The van der Waals surface area contributed by atoms with Gasteiger partial charge in [-0.2, -0.15) is 11.8 Å². The molecule has 1 rings (SSSR count). The van der Waals surface area contributed by atoms with Gasteiger partial charge < -0.3 is 5.32 Å². The van der Waals surface area contributed by atoms with Crippen LogP contribution in [0.4, 0.5) is 0 Å². The van der Waals surface area contributed by atoms with E-state index in [-0.39, 0.29) is 0 Å². The molecule has 2 heteroatoms. The van der Waals surface area contributed by atoms with Crippen molar-refractivity contribution in [1.82, 2.24) is 5.32 Å². The Morgan fingerprint density at radius 1 is 1.33 bits per heavy atom. The van der Waals surface area contributed by atoms with Crippen LogP contribution in [0.1, 0.15) is 12.5 Å². The molecular formula is C13H17NS. The fraction of sp³-hybridized carbons (Fsp3) is 0.385. The monoisotopic (exact) mass is 219 g/mol. The van der Waals surface area contributed by atoms with Crippen LogP contribution in [0.5, 0.6) is 0 Å². The first-order valence-corrected chi connectivity index (χ1v) is 6.39. The van der Waals surface area contributed by atoms with Crippen molar-refractivity contribution in [2.75, 3.05) is 19.3 Å². The van der Waals surface area contributed by atoms with Gasteiger partial charge in [0.05, 0.1) is 6.54 Å². The van der Waals surface area contributed by atoms with Gasteiger partial charge in [-0.15, -0.1) is 0 Å². The Morgan fingerprint density at radius 2 is 2.07 bits per heavy atom. The van der Waals surface area contributed by atoms with E-state index in [0.717, 1.165) is 18.7 Å². The molecule has 0 aromatic heterocycles. The maximum atomic E-state index is 3.31. The average molecular weight is 219 g/mol. The summed E-state index contributed by atoms with van der Waals surface area (Å²) in [6.45, 7) is 3.99. The lowest BCUT2D eigenvalue weighted by atomic mass is 10.2. The van der Waals surface area contributed by atoms with Gasteiger partial charge in [-0.25, -0.2) is 0 Å². The van der Waals surface area contributed by atoms with Gasteiger partial charge >= 0.3 is 0 Å². The molecule has 0 spiro atoms. The van der Waals surface area contributed by atoms with Gasteiger partial charge in [-0.05, 0) is 18.4 Å². The SMILES string of the molecule is CSC(C)CNCC#Cc1ccccc1. The Hall–Kier alpha value is -0.910. The van der Waals surface area contributed by atoms with Gasteiger partial charge in [0.1, 0.15) is 0 Å². The van der Waals surface area contributed by atoms with Crippen molar-refractivity contribution in [2.45, 2.75) is 12.2 Å². The van der Waals surface area contributed by atoms with E-state index in [1.807, 2.05) is 42.1 Å². The van der Waals surface area contributed by atoms with Crippen LogP contribution in [0, 0.1) is 11.8 Å². The molecule has 0 saturated carbocycles. The van der Waals surface area contributed by atoms with Crippen LogP contribution in [0.3, 0.4) is 0 Å². The third kappa shape index (κ3) is 5.51. The first-order valence-electron chi connectivity index (χ1n) is 5.10. The standard InChI is InChI=1S/C13H17NS/c1-12(15-2)11-14-10-6-9-13-7-4-3-5-8-13/h3-5,7-8,12,14H,10-11H2,1-2H3. The van der Waals surface area contributed by atoms with E-state index < -0.39 is 0 Å². The van der Waals surface area contributed by atoms with E-state index in [1.54, 1.807) is 0 Å². The zero-order valence-electron chi connectivity index (χ0n) is 9.29. The smallest absolute Gasteiger partial charge is 0.0580 e. The summed E-state index contributed by atoms with van der Waals surface area (Å²) in [7, 11) is 0. The minimum atomic E-state index is 0.656. The maximum Gasteiger partial charge on any atom is 0.0580 e. The van der Waals surface area contributed by atoms with Crippen molar-refractivity contribution in [3.63, 3.8) is 0 Å². The average Bonchev–Trinajstić information content (AvgIpc) is 2.29. The Kier molecular flexibility index (Phi) is 5.99. The van der Waals surface area contributed by atoms with Crippen LogP contribution < -0.4 is 5.32 Å². The summed E-state index contributed by atoms with van der Waals surface area (Å²) in [6.07, 6.45) is 2.13. The lowest BCUT2D eigenvalue weighted by molar-refractivity contribution is 0.749. The van der Waals surface area contributed by atoms with Gasteiger partial charge in [0, 0.05) is 17.4 Å². The molecule has 0 saturated heterocycles. The van der Waals surface area contributed by atoms with Crippen molar-refractivity contribution < 1.29 is 0 Å². The van der Waals surface area contributed by atoms with E-state index >= 15 is 0 Å². The summed E-state index contributed by atoms with van der Waals surface area (Å²) in [5.41, 5.74) is 1.08. The van der Waals surface area contributed by atoms with Gasteiger partial charge in [0.25, 0.3) is 0 Å². The second-order valence-electron chi connectivity index (χ2n) is 3.35. The van der Waals surface area contributed by atoms with E-state index in [1.165, 1.54) is 0 Å². The molecular weight excluding hydrogens is 202 g/mol. The van der Waals surface area contributed by atoms with Gasteiger partial charge in [-0.3, -0.25) is 0 Å². The highest BCUT2D eigenvalue weighted by molar-refractivity contribution is 7.99. The van der Waals surface area contributed by atoms with Crippen molar-refractivity contribution in [1.29, 1.82) is 0 Å². The summed E-state index contributed by atoms with van der Waals surface area (Å²) in [5.74, 6) is 6.23. The number of rotatable bonds is 4. The summed E-state index contributed by atoms with van der Waals surface area (Å²) < 4.78 is 0. The number of nitrogens with one attached hydrogen (secondary N) is 1. The lowest BCUT2D eigenvalue weighted by Gasteiger charge is -2.06. The molecule has 0 amide bonds. The quantitative estimate of drug-likeness (QED) is 0.616. The fourth-order valence-corrected chi connectivity index (χ4v) is 1.37. The topological polar surface area (TPSA) is 12.0 Å². The molecule has 0 aliphatic carbocycles. The van der Waals surface area contributed by atoms with Crippen molar-refractivity contribution in [2.24, 2.45) is 0 Å². The maximum absolute atomic E-state index is 3.31. The van der Waals surface area contributed by atoms with E-state index in [0.29, 0.717) is 5.25 Å². The number of thioether (sulfide) groups is 1. The van der Waals surface area contributed by atoms with Crippen molar-refractivity contribution in [3.05, 3.63) is 35.9 Å². The lowest BCUT2D eigenvalue weighted by Crippen LogP contribution is -2.22. The third-order valence-corrected chi connectivity index (χ3v) is 3.03. The van der Waals surface area contributed by atoms with Crippen LogP contribution in [0.2, 0.25) is 0 Å². The Bertz CT molecular complexity index is 323. The molecule has 1 aromatic rings. The molecule has 1 unspecified atom stereocenters. The van der Waals surface area contributed by atoms with Gasteiger partial charge in [-0.1, -0.05) is 37.0 Å². The molecule has 80 valence electrons. The largest absolute Gasteiger partial charge is 0.305 e. The normalized spacial score (nSPS) is 11.6. The van der Waals surface area contributed by atoms with E-state index in [9.17, 15) is 0 Å². The van der Waals surface area contributed by atoms with E-state index in [2.05, 4.69) is 30.3 Å². The summed E-state index contributed by atoms with van der Waals surface area (Å²) in [4.78, 5) is 0. The second kappa shape index (κ2) is 7.39. The Balaban J connectivity index is 2.23. The zero-order valence-corrected chi connectivity index (χ0v) is 10.1. The molecule has 1 nitrogen and oxygen atoms in total. The van der Waals surface area contributed by atoms with Crippen LogP contribution in [-0.2, 0) is 0 Å². The second-order valence-corrected chi connectivity index (χ2v) is 4.62. The third-order valence-electron chi connectivity index (χ3n) is 2.05. The van der Waals surface area contributed by atoms with Crippen LogP contribution >= 0.6 is 11.8 Å². The minimum absolute atomic E-state index is 0.656. The molecule has 15 heavy (non-hydrogen) atoms. The highest BCUT2D eigenvalue weighted by Crippen LogP contribution is 2.01. The molecule has 1 atom stereocenters. The van der Waals surface area contributed by atoms with Gasteiger partial charge in [0.2, 0.25) is 0 Å². The molecule has 0 heterocycles. The molecule has 0 aliphatic heterocycles. The molecule has 1 aromatic carbocycles. The fourth-order valence-electron chi connectivity index (χ4n) is 1.09. The van der Waals surface area contributed by atoms with Crippen LogP contribution in [-0.4, -0.2) is 24.6 Å². The first-order chi connectivity index (χ1) is 7.33. The highest BCUT2D eigenvalue weighted by Gasteiger charge is 1.95. The highest BCUT2D eigenvalue weighted by atomic mass is 32.2. The minimum Gasteiger partial charge on any atom is -0.305 e. The van der Waals surface area contributed by atoms with E-state index in [4.69, 9.17) is 0 Å². The molecule has 0 bridgehead atoms. The molecule has 0 fully saturated rings. The summed E-state index contributed by atoms with van der Waals surface area (Å²) in [6, 6.07) is 10.1. The number of hydrogen-bond acceptors (Lipinski definition) is 2. The Morgan fingerprint density at radius 3 is 2.73 bits per heavy atom. The predicted octanol–water partition coefficient (Wildman–Crippen LogP) is 2.38. The molecule has 0 radical (unpaired) electrons. The van der Waals surface area contributed by atoms with Crippen LogP contribution in [0.15, 0.2) is 30.3 Å². The van der Waals surface area contributed by atoms with Crippen LogP contribution in [0.25, 0.3) is 0 Å². The summed E-state index contributed by atoms with van der Waals surface area (Å²) in [5, 5.41) is 3.97.